The molecule has 4 nitrogen and oxygen atoms in total. The van der Waals surface area contributed by atoms with Crippen molar-refractivity contribution in [3.05, 3.63) is 0 Å². The molecule has 0 bridgehead atoms. The Labute approximate surface area is 85.1 Å². The quantitative estimate of drug-likeness (QED) is 0.621. The number of aliphatic hydroxyl groups excluding tert-OH is 1. The topological polar surface area (TPSA) is 83.5 Å². The van der Waals surface area contributed by atoms with Crippen molar-refractivity contribution in [1.29, 1.82) is 0 Å². The van der Waals surface area contributed by atoms with Crippen LogP contribution in [0.1, 0.15) is 32.6 Å². The van der Waals surface area contributed by atoms with Crippen LogP contribution in [-0.2, 0) is 4.79 Å². The molecule has 1 saturated carbocycles. The lowest BCUT2D eigenvalue weighted by Gasteiger charge is -2.24. The summed E-state index contributed by atoms with van der Waals surface area (Å²) in [5, 5.41) is 16.2. The van der Waals surface area contributed by atoms with Crippen LogP contribution in [0.5, 0.6) is 0 Å². The van der Waals surface area contributed by atoms with Crippen molar-refractivity contribution >= 4 is 5.97 Å². The maximum atomic E-state index is 10.5. The monoisotopic (exact) mass is 203 g/mol. The smallest absolute Gasteiger partial charge is 0.306 e. The second-order valence-electron chi connectivity index (χ2n) is 3.61. The predicted molar refractivity (Wildman–Crippen MR) is 54.9 cm³/mol. The van der Waals surface area contributed by atoms with E-state index in [0.29, 0.717) is 12.5 Å². The number of nitrogens with two attached hydrogens (primary N) is 1. The molecule has 0 amide bonds. The van der Waals surface area contributed by atoms with Crippen LogP contribution in [0, 0.1) is 11.8 Å². The minimum atomic E-state index is -0.638. The van der Waals surface area contributed by atoms with Gasteiger partial charge in [-0.2, -0.15) is 0 Å². The van der Waals surface area contributed by atoms with Crippen LogP contribution in [0.4, 0.5) is 0 Å². The van der Waals surface area contributed by atoms with E-state index in [9.17, 15) is 4.79 Å². The van der Waals surface area contributed by atoms with Crippen LogP contribution in [0.15, 0.2) is 0 Å². The van der Waals surface area contributed by atoms with Gasteiger partial charge in [0.2, 0.25) is 0 Å². The fourth-order valence-corrected chi connectivity index (χ4v) is 1.65. The number of carboxylic acid groups (broad SMARTS) is 1. The number of carboxylic acids is 1. The maximum Gasteiger partial charge on any atom is 0.306 e. The standard InChI is InChI=1S/C8H15NO2.C2H6O/c9-5-6-1-3-7(4-2-6)8(10)11;1-2-3/h6-7H,1-5,9H2,(H,10,11);3H,2H2,1H3/t6-,7-;. The minimum Gasteiger partial charge on any atom is -0.481 e. The summed E-state index contributed by atoms with van der Waals surface area (Å²) < 4.78 is 0. The van der Waals surface area contributed by atoms with Gasteiger partial charge in [0.1, 0.15) is 0 Å². The Morgan fingerprint density at radius 2 is 1.79 bits per heavy atom. The van der Waals surface area contributed by atoms with E-state index in [2.05, 4.69) is 0 Å². The summed E-state index contributed by atoms with van der Waals surface area (Å²) in [5.41, 5.74) is 5.48. The van der Waals surface area contributed by atoms with Gasteiger partial charge in [0.25, 0.3) is 0 Å². The molecule has 1 rings (SSSR count). The van der Waals surface area contributed by atoms with Crippen molar-refractivity contribution in [2.24, 2.45) is 17.6 Å². The van der Waals surface area contributed by atoms with E-state index in [-0.39, 0.29) is 12.5 Å². The molecule has 0 aromatic heterocycles. The van der Waals surface area contributed by atoms with Crippen LogP contribution in [-0.4, -0.2) is 29.3 Å². The van der Waals surface area contributed by atoms with Crippen molar-refractivity contribution in [2.75, 3.05) is 13.2 Å². The molecular weight excluding hydrogens is 182 g/mol. The molecule has 0 heterocycles. The predicted octanol–water partition coefficient (Wildman–Crippen LogP) is 0.835. The molecular formula is C10H21NO3. The molecule has 84 valence electrons. The first-order chi connectivity index (χ1) is 6.65. The number of hydrogen-bond acceptors (Lipinski definition) is 3. The van der Waals surface area contributed by atoms with Crippen molar-refractivity contribution in [1.82, 2.24) is 0 Å². The van der Waals surface area contributed by atoms with Crippen molar-refractivity contribution in [3.8, 4) is 0 Å². The zero-order valence-corrected chi connectivity index (χ0v) is 8.78. The SMILES string of the molecule is CCO.NC[C@H]1CC[C@H](C(=O)O)CC1. The summed E-state index contributed by atoms with van der Waals surface area (Å²) in [4.78, 5) is 10.5. The zero-order valence-electron chi connectivity index (χ0n) is 8.78. The average molecular weight is 203 g/mol. The Balaban J connectivity index is 0.000000500. The molecule has 4 heteroatoms. The highest BCUT2D eigenvalue weighted by Gasteiger charge is 2.24. The second kappa shape index (κ2) is 7.76. The fourth-order valence-electron chi connectivity index (χ4n) is 1.65. The summed E-state index contributed by atoms with van der Waals surface area (Å²) in [6, 6.07) is 0. The summed E-state index contributed by atoms with van der Waals surface area (Å²) in [5.74, 6) is -0.163. The van der Waals surface area contributed by atoms with Gasteiger partial charge in [-0.3, -0.25) is 4.79 Å². The van der Waals surface area contributed by atoms with Gasteiger partial charge in [0.15, 0.2) is 0 Å². The van der Waals surface area contributed by atoms with Gasteiger partial charge in [0.05, 0.1) is 5.92 Å². The van der Waals surface area contributed by atoms with Gasteiger partial charge in [-0.1, -0.05) is 0 Å². The summed E-state index contributed by atoms with van der Waals surface area (Å²) in [6.07, 6.45) is 3.62. The van der Waals surface area contributed by atoms with Crippen molar-refractivity contribution in [3.63, 3.8) is 0 Å². The van der Waals surface area contributed by atoms with E-state index in [1.165, 1.54) is 0 Å². The van der Waals surface area contributed by atoms with E-state index >= 15 is 0 Å². The lowest BCUT2D eigenvalue weighted by atomic mass is 9.82. The molecule has 0 atom stereocenters. The Hall–Kier alpha value is -0.610. The zero-order chi connectivity index (χ0) is 11.0. The first kappa shape index (κ1) is 13.4. The van der Waals surface area contributed by atoms with E-state index in [4.69, 9.17) is 15.9 Å². The Kier molecular flexibility index (Phi) is 7.42. The molecule has 0 spiro atoms. The second-order valence-corrected chi connectivity index (χ2v) is 3.61. The normalized spacial score (nSPS) is 26.2. The highest BCUT2D eigenvalue weighted by molar-refractivity contribution is 5.69. The number of carbonyl (C=O) groups is 1. The molecule has 0 aromatic carbocycles. The molecule has 0 aromatic rings. The molecule has 0 unspecified atom stereocenters. The van der Waals surface area contributed by atoms with Crippen molar-refractivity contribution < 1.29 is 15.0 Å². The van der Waals surface area contributed by atoms with E-state index < -0.39 is 5.97 Å². The van der Waals surface area contributed by atoms with Gasteiger partial charge in [-0.15, -0.1) is 0 Å². The average Bonchev–Trinajstić information content (AvgIpc) is 2.19. The molecule has 1 fully saturated rings. The highest BCUT2D eigenvalue weighted by Crippen LogP contribution is 2.27. The molecule has 0 saturated heterocycles. The third-order valence-corrected chi connectivity index (χ3v) is 2.53. The lowest BCUT2D eigenvalue weighted by Crippen LogP contribution is -2.25. The maximum absolute atomic E-state index is 10.5. The number of aliphatic carboxylic acids is 1. The van der Waals surface area contributed by atoms with E-state index in [1.54, 1.807) is 6.92 Å². The van der Waals surface area contributed by atoms with Gasteiger partial charge in [0, 0.05) is 6.61 Å². The first-order valence-electron chi connectivity index (χ1n) is 5.19. The number of hydrogen-bond donors (Lipinski definition) is 3. The van der Waals surface area contributed by atoms with Gasteiger partial charge in [-0.05, 0) is 45.1 Å². The van der Waals surface area contributed by atoms with Gasteiger partial charge >= 0.3 is 5.97 Å². The molecule has 0 radical (unpaired) electrons. The Morgan fingerprint density at radius 1 is 1.36 bits per heavy atom. The van der Waals surface area contributed by atoms with Crippen LogP contribution in [0.25, 0.3) is 0 Å². The van der Waals surface area contributed by atoms with Gasteiger partial charge < -0.3 is 15.9 Å². The van der Waals surface area contributed by atoms with Gasteiger partial charge in [-0.25, -0.2) is 0 Å². The summed E-state index contributed by atoms with van der Waals surface area (Å²) >= 11 is 0. The third-order valence-electron chi connectivity index (χ3n) is 2.53. The van der Waals surface area contributed by atoms with E-state index in [1.807, 2.05) is 0 Å². The first-order valence-corrected chi connectivity index (χ1v) is 5.19. The lowest BCUT2D eigenvalue weighted by molar-refractivity contribution is -0.143. The van der Waals surface area contributed by atoms with Crippen LogP contribution >= 0.6 is 0 Å². The molecule has 1 aliphatic rings. The molecule has 4 N–H and O–H groups in total. The van der Waals surface area contributed by atoms with Crippen molar-refractivity contribution in [2.45, 2.75) is 32.6 Å². The third kappa shape index (κ3) is 5.19. The fraction of sp³-hybridized carbons (Fsp3) is 0.900. The Morgan fingerprint density at radius 3 is 2.07 bits per heavy atom. The van der Waals surface area contributed by atoms with Crippen LogP contribution in [0.2, 0.25) is 0 Å². The number of aliphatic hydroxyl groups is 1. The summed E-state index contributed by atoms with van der Waals surface area (Å²) in [6.45, 7) is 2.65. The largest absolute Gasteiger partial charge is 0.481 e. The highest BCUT2D eigenvalue weighted by atomic mass is 16.4. The van der Waals surface area contributed by atoms with E-state index in [0.717, 1.165) is 25.7 Å². The Bertz CT molecular complexity index is 153. The minimum absolute atomic E-state index is 0.0993. The number of rotatable bonds is 2. The molecule has 1 aliphatic carbocycles. The van der Waals surface area contributed by atoms with Crippen LogP contribution < -0.4 is 5.73 Å². The van der Waals surface area contributed by atoms with Crippen LogP contribution in [0.3, 0.4) is 0 Å². The summed E-state index contributed by atoms with van der Waals surface area (Å²) in [7, 11) is 0. The molecule has 0 aliphatic heterocycles. The molecule has 14 heavy (non-hydrogen) atoms.